The van der Waals surface area contributed by atoms with Gasteiger partial charge in [-0.1, -0.05) is 6.92 Å². The molecule has 6 N–H and O–H groups in total. The summed E-state index contributed by atoms with van der Waals surface area (Å²) >= 11 is 0. The Bertz CT molecular complexity index is 1330. The molecule has 1 aromatic carbocycles. The number of nitrogens with zero attached hydrogens (tertiary/aromatic N) is 2. The number of phenolic OH excluding ortho intramolecular Hbond substituents is 1. The van der Waals surface area contributed by atoms with E-state index in [-0.39, 0.29) is 41.7 Å². The third kappa shape index (κ3) is 3.48. The summed E-state index contributed by atoms with van der Waals surface area (Å²) in [6, 6.07) is 0.471. The largest absolute Gasteiger partial charge is 0.510 e. The number of carbonyl (C=O) groups is 4. The lowest BCUT2D eigenvalue weighted by Gasteiger charge is -2.50. The first kappa shape index (κ1) is 26.4. The zero-order valence-electron chi connectivity index (χ0n) is 21.3. The first-order valence-corrected chi connectivity index (χ1v) is 11.9. The molecule has 0 saturated carbocycles. The van der Waals surface area contributed by atoms with Gasteiger partial charge in [0.1, 0.15) is 22.8 Å². The van der Waals surface area contributed by atoms with E-state index in [4.69, 9.17) is 5.73 Å². The van der Waals surface area contributed by atoms with E-state index in [9.17, 15) is 39.6 Å². The number of amides is 1. The molecule has 1 aromatic rings. The van der Waals surface area contributed by atoms with Crippen molar-refractivity contribution in [1.29, 1.82) is 0 Å². The maximum Gasteiger partial charge on any atom is 0.255 e. The van der Waals surface area contributed by atoms with Crippen molar-refractivity contribution in [2.45, 2.75) is 37.8 Å². The Kier molecular flexibility index (Phi) is 6.20. The molecule has 4 rings (SSSR count). The van der Waals surface area contributed by atoms with Crippen LogP contribution in [0.15, 0.2) is 28.7 Å². The number of aliphatic hydroxyl groups excluding tert-OH is 2. The predicted octanol–water partition coefficient (Wildman–Crippen LogP) is 0.779. The summed E-state index contributed by atoms with van der Waals surface area (Å²) in [6.07, 6.45) is 0.225. The molecule has 0 heterocycles. The van der Waals surface area contributed by atoms with Crippen molar-refractivity contribution in [2.24, 2.45) is 17.6 Å². The second kappa shape index (κ2) is 8.70. The highest BCUT2D eigenvalue weighted by atomic mass is 16.3. The Hall–Kier alpha value is -3.70. The van der Waals surface area contributed by atoms with Crippen molar-refractivity contribution in [1.82, 2.24) is 4.90 Å². The summed E-state index contributed by atoms with van der Waals surface area (Å²) in [4.78, 5) is 55.0. The number of anilines is 1. The minimum atomic E-state index is -2.71. The van der Waals surface area contributed by atoms with Crippen LogP contribution in [0, 0.1) is 11.8 Å². The number of benzene rings is 1. The zero-order valence-corrected chi connectivity index (χ0v) is 21.3. The monoisotopic (exact) mass is 513 g/mol. The van der Waals surface area contributed by atoms with Crippen molar-refractivity contribution in [2.75, 3.05) is 33.1 Å². The van der Waals surface area contributed by atoms with E-state index < -0.39 is 63.8 Å². The molecule has 198 valence electrons. The van der Waals surface area contributed by atoms with Crippen molar-refractivity contribution in [3.63, 3.8) is 0 Å². The molecule has 3 aliphatic rings. The molecular weight excluding hydrogens is 482 g/mol. The maximum atomic E-state index is 13.8. The van der Waals surface area contributed by atoms with Gasteiger partial charge in [-0.25, -0.2) is 0 Å². The SMILES string of the molecule is CCC(=O)c1cc(N(C)C)c2c(c1O)C(=O)C1=C(O)[C@]3(O)C(=O)C(C(N)=O)=C(O)[C@@H](N(C)C)[C@@H]3C[C@@H]1C2. The van der Waals surface area contributed by atoms with Crippen molar-refractivity contribution >= 4 is 28.9 Å². The van der Waals surface area contributed by atoms with Gasteiger partial charge in [0.2, 0.25) is 5.78 Å². The van der Waals surface area contributed by atoms with E-state index in [2.05, 4.69) is 0 Å². The highest BCUT2D eigenvalue weighted by Crippen LogP contribution is 2.53. The van der Waals surface area contributed by atoms with E-state index in [0.29, 0.717) is 11.3 Å². The number of carbonyl (C=O) groups excluding carboxylic acids is 4. The van der Waals surface area contributed by atoms with Gasteiger partial charge in [0.05, 0.1) is 17.2 Å². The smallest absolute Gasteiger partial charge is 0.255 e. The Morgan fingerprint density at radius 2 is 1.76 bits per heavy atom. The summed E-state index contributed by atoms with van der Waals surface area (Å²) in [7, 11) is 6.61. The van der Waals surface area contributed by atoms with E-state index in [1.54, 1.807) is 40.0 Å². The molecule has 3 aliphatic carbocycles. The van der Waals surface area contributed by atoms with Crippen molar-refractivity contribution in [3.8, 4) is 5.75 Å². The first-order valence-electron chi connectivity index (χ1n) is 11.9. The van der Waals surface area contributed by atoms with Crippen LogP contribution in [0.5, 0.6) is 5.75 Å². The molecule has 0 fully saturated rings. The van der Waals surface area contributed by atoms with Crippen LogP contribution in [0.3, 0.4) is 0 Å². The van der Waals surface area contributed by atoms with E-state index in [1.807, 2.05) is 0 Å². The third-order valence-corrected chi connectivity index (χ3v) is 7.80. The van der Waals surface area contributed by atoms with Crippen LogP contribution in [-0.4, -0.2) is 88.4 Å². The molecule has 4 atom stereocenters. The number of allylic oxidation sites excluding steroid dienone is 1. The third-order valence-electron chi connectivity index (χ3n) is 7.80. The number of aromatic hydroxyl groups is 1. The first-order chi connectivity index (χ1) is 17.2. The molecule has 0 bridgehead atoms. The standard InChI is InChI=1S/C26H31N3O8/c1-6-15(30)12-9-14(28(2)3)11-7-10-8-13-19(29(4)5)22(33)18(25(27)36)24(35)26(13,37)23(34)16(10)21(32)17(11)20(12)31/h9-10,13,19,31,33-34,37H,6-8H2,1-5H3,(H2,27,36)/t10-,13-,19-,26-/m0/s1. The number of hydrogen-bond donors (Lipinski definition) is 5. The Morgan fingerprint density at radius 1 is 1.14 bits per heavy atom. The predicted molar refractivity (Wildman–Crippen MR) is 133 cm³/mol. The average molecular weight is 514 g/mol. The van der Waals surface area contributed by atoms with Crippen LogP contribution in [0.25, 0.3) is 0 Å². The van der Waals surface area contributed by atoms with Crippen molar-refractivity contribution in [3.05, 3.63) is 45.4 Å². The molecule has 0 spiro atoms. The normalized spacial score (nSPS) is 27.2. The van der Waals surface area contributed by atoms with Gasteiger partial charge >= 0.3 is 0 Å². The zero-order chi connectivity index (χ0) is 27.7. The Balaban J connectivity index is 2.01. The minimum Gasteiger partial charge on any atom is -0.510 e. The lowest BCUT2D eigenvalue weighted by atomic mass is 9.58. The molecule has 0 aromatic heterocycles. The second-order valence-electron chi connectivity index (χ2n) is 10.3. The van der Waals surface area contributed by atoms with Gasteiger partial charge in [-0.3, -0.25) is 24.1 Å². The molecule has 0 aliphatic heterocycles. The maximum absolute atomic E-state index is 13.8. The summed E-state index contributed by atoms with van der Waals surface area (Å²) in [6.45, 7) is 1.62. The van der Waals surface area contributed by atoms with Crippen LogP contribution in [0.2, 0.25) is 0 Å². The fourth-order valence-electron chi connectivity index (χ4n) is 6.10. The lowest BCUT2D eigenvalue weighted by molar-refractivity contribution is -0.148. The number of hydrogen-bond acceptors (Lipinski definition) is 10. The molecule has 37 heavy (non-hydrogen) atoms. The molecule has 1 amide bonds. The van der Waals surface area contributed by atoms with E-state index >= 15 is 0 Å². The molecular formula is C26H31N3O8. The summed E-state index contributed by atoms with van der Waals surface area (Å²) in [5, 5.41) is 44.8. The fourth-order valence-corrected chi connectivity index (χ4v) is 6.10. The number of ketones is 3. The van der Waals surface area contributed by atoms with Gasteiger partial charge in [0.15, 0.2) is 17.2 Å². The van der Waals surface area contributed by atoms with Gasteiger partial charge in [-0.2, -0.15) is 0 Å². The summed E-state index contributed by atoms with van der Waals surface area (Å²) < 4.78 is 0. The van der Waals surface area contributed by atoms with Gasteiger partial charge in [0, 0.05) is 37.7 Å². The number of primary amides is 1. The van der Waals surface area contributed by atoms with Crippen LogP contribution in [0.1, 0.15) is 46.0 Å². The fraction of sp³-hybridized carbons (Fsp3) is 0.462. The van der Waals surface area contributed by atoms with Crippen LogP contribution < -0.4 is 10.6 Å². The van der Waals surface area contributed by atoms with Gasteiger partial charge in [0.25, 0.3) is 5.91 Å². The quantitative estimate of drug-likeness (QED) is 0.279. The number of likely N-dealkylation sites (N-methyl/N-ethyl adjacent to an activating group) is 1. The summed E-state index contributed by atoms with van der Waals surface area (Å²) in [5.41, 5.74) is 2.30. The highest BCUT2D eigenvalue weighted by Gasteiger charge is 2.63. The van der Waals surface area contributed by atoms with Crippen molar-refractivity contribution < 1.29 is 39.6 Å². The van der Waals surface area contributed by atoms with Gasteiger partial charge in [-0.15, -0.1) is 0 Å². The topological polar surface area (TPSA) is 182 Å². The van der Waals surface area contributed by atoms with Crippen LogP contribution >= 0.6 is 0 Å². The Labute approximate surface area is 213 Å². The number of Topliss-reactive ketones (excluding diaryl/α,β-unsaturated/α-hetero) is 3. The van der Waals surface area contributed by atoms with Gasteiger partial charge in [-0.05, 0) is 44.5 Å². The molecule has 11 nitrogen and oxygen atoms in total. The van der Waals surface area contributed by atoms with E-state index in [1.165, 1.54) is 11.0 Å². The van der Waals surface area contributed by atoms with Crippen LogP contribution in [0.4, 0.5) is 5.69 Å². The molecule has 11 heteroatoms. The number of aliphatic hydroxyl groups is 3. The number of fused-ring (bicyclic) bond motifs is 3. The average Bonchev–Trinajstić information content (AvgIpc) is 2.80. The van der Waals surface area contributed by atoms with Gasteiger partial charge < -0.3 is 31.1 Å². The van der Waals surface area contributed by atoms with Crippen LogP contribution in [-0.2, 0) is 16.0 Å². The Morgan fingerprint density at radius 3 is 2.27 bits per heavy atom. The summed E-state index contributed by atoms with van der Waals surface area (Å²) in [5.74, 6) is -7.66. The van der Waals surface area contributed by atoms with E-state index in [0.717, 1.165) is 0 Å². The molecule has 0 unspecified atom stereocenters. The second-order valence-corrected chi connectivity index (χ2v) is 10.3. The molecule has 0 saturated heterocycles. The highest BCUT2D eigenvalue weighted by molar-refractivity contribution is 6.25. The number of phenols is 1. The lowest BCUT2D eigenvalue weighted by Crippen LogP contribution is -2.63. The molecule has 0 radical (unpaired) electrons. The minimum absolute atomic E-state index is 0.00493. The number of nitrogens with two attached hydrogens (primary N) is 1. The number of rotatable bonds is 5.